The summed E-state index contributed by atoms with van der Waals surface area (Å²) in [6.07, 6.45) is 5.31. The molecule has 0 unspecified atom stereocenters. The Morgan fingerprint density at radius 1 is 1.27 bits per heavy atom. The number of carbonyl (C=O) groups excluding carboxylic acids is 1. The van der Waals surface area contributed by atoms with E-state index in [1.54, 1.807) is 6.07 Å². The van der Waals surface area contributed by atoms with E-state index in [4.69, 9.17) is 11.6 Å². The largest absolute Gasteiger partial charge is 0.352 e. The summed E-state index contributed by atoms with van der Waals surface area (Å²) in [5.41, 5.74) is 0. The molecule has 0 aliphatic heterocycles. The van der Waals surface area contributed by atoms with Gasteiger partial charge in [0.15, 0.2) is 0 Å². The molecule has 0 aromatic heterocycles. The van der Waals surface area contributed by atoms with Gasteiger partial charge in [0.25, 0.3) is 0 Å². The first-order chi connectivity index (χ1) is 10.4. The Morgan fingerprint density at radius 2 is 1.95 bits per heavy atom. The number of halogens is 2. The summed E-state index contributed by atoms with van der Waals surface area (Å²) in [4.78, 5) is 11.8. The molecular formula is C14H18BrClN2O3S. The molecule has 5 nitrogen and oxygen atoms in total. The van der Waals surface area contributed by atoms with Gasteiger partial charge in [-0.2, -0.15) is 0 Å². The van der Waals surface area contributed by atoms with Crippen molar-refractivity contribution in [1.29, 1.82) is 0 Å². The van der Waals surface area contributed by atoms with Crippen molar-refractivity contribution >= 4 is 43.5 Å². The number of carbonyl (C=O) groups is 1. The number of hydrogen-bond acceptors (Lipinski definition) is 3. The molecule has 8 heteroatoms. The van der Waals surface area contributed by atoms with E-state index in [9.17, 15) is 13.2 Å². The maximum absolute atomic E-state index is 12.2. The molecule has 22 heavy (non-hydrogen) atoms. The van der Waals surface area contributed by atoms with Crippen LogP contribution in [0.3, 0.4) is 0 Å². The molecule has 0 heterocycles. The normalized spacial score (nSPS) is 16.5. The highest BCUT2D eigenvalue weighted by atomic mass is 79.9. The number of amides is 1. The van der Waals surface area contributed by atoms with Crippen LogP contribution in [-0.4, -0.2) is 26.9 Å². The highest BCUT2D eigenvalue weighted by Gasteiger charge is 2.20. The Balaban J connectivity index is 1.93. The summed E-state index contributed by atoms with van der Waals surface area (Å²) < 4.78 is 27.3. The van der Waals surface area contributed by atoms with E-state index < -0.39 is 10.0 Å². The molecule has 122 valence electrons. The average Bonchev–Trinajstić information content (AvgIpc) is 2.46. The Hall–Kier alpha value is -0.630. The van der Waals surface area contributed by atoms with Crippen molar-refractivity contribution < 1.29 is 13.2 Å². The molecule has 1 aliphatic rings. The van der Waals surface area contributed by atoms with E-state index in [0.29, 0.717) is 4.47 Å². The van der Waals surface area contributed by atoms with Crippen molar-refractivity contribution in [2.24, 2.45) is 0 Å². The number of nitrogens with one attached hydrogen (secondary N) is 2. The third kappa shape index (κ3) is 4.94. The van der Waals surface area contributed by atoms with Crippen LogP contribution in [-0.2, 0) is 14.8 Å². The number of rotatable bonds is 5. The summed E-state index contributed by atoms with van der Waals surface area (Å²) in [7, 11) is -3.81. The van der Waals surface area contributed by atoms with E-state index in [2.05, 4.69) is 26.0 Å². The number of sulfonamides is 1. The van der Waals surface area contributed by atoms with Crippen molar-refractivity contribution in [1.82, 2.24) is 10.0 Å². The molecule has 1 fully saturated rings. The zero-order valence-electron chi connectivity index (χ0n) is 11.9. The maximum atomic E-state index is 12.2. The molecule has 1 aromatic rings. The average molecular weight is 410 g/mol. The van der Waals surface area contributed by atoms with Gasteiger partial charge < -0.3 is 5.32 Å². The molecule has 2 rings (SSSR count). The van der Waals surface area contributed by atoms with Crippen LogP contribution in [0.15, 0.2) is 27.6 Å². The molecule has 0 atom stereocenters. The Bertz CT molecular complexity index is 645. The summed E-state index contributed by atoms with van der Waals surface area (Å²) in [6.45, 7) is -0.286. The fourth-order valence-electron chi connectivity index (χ4n) is 2.46. The minimum absolute atomic E-state index is 0.0390. The fourth-order valence-corrected chi connectivity index (χ4v) is 4.47. The number of hydrogen-bond donors (Lipinski definition) is 2. The summed E-state index contributed by atoms with van der Waals surface area (Å²) in [5.74, 6) is -0.316. The van der Waals surface area contributed by atoms with Crippen molar-refractivity contribution in [3.05, 3.63) is 27.7 Å². The van der Waals surface area contributed by atoms with E-state index in [0.717, 1.165) is 25.7 Å². The van der Waals surface area contributed by atoms with Crippen LogP contribution >= 0.6 is 27.5 Å². The van der Waals surface area contributed by atoms with E-state index >= 15 is 0 Å². The van der Waals surface area contributed by atoms with Crippen molar-refractivity contribution in [3.8, 4) is 0 Å². The van der Waals surface area contributed by atoms with Gasteiger partial charge in [-0.15, -0.1) is 0 Å². The lowest BCUT2D eigenvalue weighted by Gasteiger charge is -2.22. The van der Waals surface area contributed by atoms with Crippen LogP contribution in [0.1, 0.15) is 32.1 Å². The minimum Gasteiger partial charge on any atom is -0.352 e. The molecule has 1 saturated carbocycles. The zero-order valence-corrected chi connectivity index (χ0v) is 15.1. The summed E-state index contributed by atoms with van der Waals surface area (Å²) in [5, 5.41) is 2.97. The zero-order chi connectivity index (χ0) is 16.2. The molecule has 0 radical (unpaired) electrons. The lowest BCUT2D eigenvalue weighted by atomic mass is 9.95. The van der Waals surface area contributed by atoms with Gasteiger partial charge in [0.1, 0.15) is 4.90 Å². The van der Waals surface area contributed by atoms with Gasteiger partial charge in [0, 0.05) is 10.5 Å². The van der Waals surface area contributed by atoms with Gasteiger partial charge in [0.2, 0.25) is 15.9 Å². The van der Waals surface area contributed by atoms with Crippen LogP contribution in [0.4, 0.5) is 0 Å². The first-order valence-corrected chi connectivity index (χ1v) is 9.78. The smallest absolute Gasteiger partial charge is 0.242 e. The second kappa shape index (κ2) is 7.77. The van der Waals surface area contributed by atoms with Gasteiger partial charge >= 0.3 is 0 Å². The van der Waals surface area contributed by atoms with Crippen LogP contribution in [0.25, 0.3) is 0 Å². The van der Waals surface area contributed by atoms with Crippen LogP contribution in [0, 0.1) is 0 Å². The molecule has 1 aliphatic carbocycles. The molecule has 0 spiro atoms. The first-order valence-electron chi connectivity index (χ1n) is 7.12. The Labute approximate surface area is 144 Å². The lowest BCUT2D eigenvalue weighted by molar-refractivity contribution is -0.120. The van der Waals surface area contributed by atoms with Crippen LogP contribution in [0.5, 0.6) is 0 Å². The van der Waals surface area contributed by atoms with Gasteiger partial charge in [-0.05, 0) is 31.0 Å². The van der Waals surface area contributed by atoms with Crippen molar-refractivity contribution in [2.45, 2.75) is 43.0 Å². The van der Waals surface area contributed by atoms with Gasteiger partial charge in [-0.1, -0.05) is 46.8 Å². The van der Waals surface area contributed by atoms with Gasteiger partial charge in [-0.25, -0.2) is 13.1 Å². The van der Waals surface area contributed by atoms with E-state index in [-0.39, 0.29) is 28.4 Å². The Morgan fingerprint density at radius 3 is 2.59 bits per heavy atom. The maximum Gasteiger partial charge on any atom is 0.242 e. The quantitative estimate of drug-likeness (QED) is 0.785. The third-order valence-electron chi connectivity index (χ3n) is 3.58. The molecule has 1 aromatic carbocycles. The summed E-state index contributed by atoms with van der Waals surface area (Å²) >= 11 is 9.15. The molecule has 0 bridgehead atoms. The molecule has 1 amide bonds. The third-order valence-corrected chi connectivity index (χ3v) is 5.95. The molecule has 0 saturated heterocycles. The van der Waals surface area contributed by atoms with Gasteiger partial charge in [-0.3, -0.25) is 4.79 Å². The topological polar surface area (TPSA) is 75.3 Å². The predicted molar refractivity (Wildman–Crippen MR) is 89.4 cm³/mol. The van der Waals surface area contributed by atoms with Crippen molar-refractivity contribution in [2.75, 3.05) is 6.54 Å². The lowest BCUT2D eigenvalue weighted by Crippen LogP contribution is -2.42. The highest BCUT2D eigenvalue weighted by molar-refractivity contribution is 9.10. The predicted octanol–water partition coefficient (Wildman–Crippen LogP) is 2.83. The fraction of sp³-hybridized carbons (Fsp3) is 0.500. The Kier molecular flexibility index (Phi) is 6.26. The second-order valence-corrected chi connectivity index (χ2v) is 8.36. The second-order valence-electron chi connectivity index (χ2n) is 5.30. The minimum atomic E-state index is -3.81. The van der Waals surface area contributed by atoms with Crippen LogP contribution in [0.2, 0.25) is 5.02 Å². The van der Waals surface area contributed by atoms with E-state index in [1.807, 2.05) is 0 Å². The van der Waals surface area contributed by atoms with Gasteiger partial charge in [0.05, 0.1) is 11.6 Å². The summed E-state index contributed by atoms with van der Waals surface area (Å²) in [6, 6.07) is 4.64. The number of benzene rings is 1. The standard InChI is InChI=1S/C14H18BrClN2O3S/c15-10-6-7-13(12(16)8-10)22(20,21)17-9-14(19)18-11-4-2-1-3-5-11/h6-8,11,17H,1-5,9H2,(H,18,19). The first kappa shape index (κ1) is 17.7. The molecular weight excluding hydrogens is 392 g/mol. The highest BCUT2D eigenvalue weighted by Crippen LogP contribution is 2.25. The van der Waals surface area contributed by atoms with Crippen LogP contribution < -0.4 is 10.0 Å². The molecule has 2 N–H and O–H groups in total. The monoisotopic (exact) mass is 408 g/mol. The van der Waals surface area contributed by atoms with E-state index in [1.165, 1.54) is 18.6 Å². The SMILES string of the molecule is O=C(CNS(=O)(=O)c1ccc(Br)cc1Cl)NC1CCCCC1. The van der Waals surface area contributed by atoms with Crippen molar-refractivity contribution in [3.63, 3.8) is 0 Å².